The van der Waals surface area contributed by atoms with Crippen LogP contribution >= 0.6 is 0 Å². The molecule has 8 heteroatoms. The number of aryl methyl sites for hydroxylation is 1. The first kappa shape index (κ1) is 23.9. The smallest absolute Gasteiger partial charge is 0.225 e. The van der Waals surface area contributed by atoms with Gasteiger partial charge in [-0.3, -0.25) is 0 Å². The van der Waals surface area contributed by atoms with Gasteiger partial charge in [0, 0.05) is 12.7 Å². The number of rotatable bonds is 6. The molecule has 1 saturated heterocycles. The number of methoxy groups -OCH3 is 1. The Balaban J connectivity index is 1.73. The van der Waals surface area contributed by atoms with Gasteiger partial charge >= 0.3 is 0 Å². The highest BCUT2D eigenvalue weighted by Gasteiger charge is 2.59. The van der Waals surface area contributed by atoms with Crippen molar-refractivity contribution in [2.75, 3.05) is 26.9 Å². The fourth-order valence-electron chi connectivity index (χ4n) is 4.63. The highest BCUT2D eigenvalue weighted by Crippen LogP contribution is 2.44. The molecule has 8 nitrogen and oxygen atoms in total. The summed E-state index contributed by atoms with van der Waals surface area (Å²) in [7, 11) is 1.36. The minimum absolute atomic E-state index is 0.480. The zero-order valence-electron chi connectivity index (χ0n) is 19.2. The van der Waals surface area contributed by atoms with Crippen LogP contribution in [0.25, 0.3) is 0 Å². The van der Waals surface area contributed by atoms with E-state index < -0.39 is 36.3 Å². The Kier molecular flexibility index (Phi) is 6.68. The van der Waals surface area contributed by atoms with Crippen molar-refractivity contribution in [2.45, 2.75) is 56.4 Å². The molecule has 0 bridgehead atoms. The average molecular weight is 461 g/mol. The summed E-state index contributed by atoms with van der Waals surface area (Å²) in [4.78, 5) is 0. The second-order valence-electron chi connectivity index (χ2n) is 8.82. The first-order valence-electron chi connectivity index (χ1n) is 11.2. The molecule has 180 valence electrons. The molecule has 0 radical (unpaired) electrons. The van der Waals surface area contributed by atoms with Crippen molar-refractivity contribution < 1.29 is 39.4 Å². The van der Waals surface area contributed by atoms with Gasteiger partial charge in [0.05, 0.1) is 6.61 Å². The topological polar surface area (TPSA) is 118 Å². The molecule has 4 N–H and O–H groups in total. The van der Waals surface area contributed by atoms with Gasteiger partial charge in [0.2, 0.25) is 5.79 Å². The van der Waals surface area contributed by atoms with Crippen LogP contribution in [0.2, 0.25) is 0 Å². The number of aliphatic hydroxyl groups is 4. The Morgan fingerprint density at radius 2 is 1.70 bits per heavy atom. The van der Waals surface area contributed by atoms with E-state index in [4.69, 9.17) is 18.9 Å². The van der Waals surface area contributed by atoms with Gasteiger partial charge in [0.25, 0.3) is 0 Å². The maximum Gasteiger partial charge on any atom is 0.225 e. The Morgan fingerprint density at radius 3 is 2.36 bits per heavy atom. The standard InChI is InChI=1S/C25H32O8/c1-4-16-6-7-18(25(30-3)23(29)21(27)22(28)24(2,14-26)33-25)13-17(16)11-15-5-8-19-20(12-15)32-10-9-31-19/h5-8,12-13,21-23,26-29H,4,9-11,14H2,1-3H3. The van der Waals surface area contributed by atoms with E-state index in [-0.39, 0.29) is 0 Å². The van der Waals surface area contributed by atoms with Gasteiger partial charge in [-0.25, -0.2) is 0 Å². The van der Waals surface area contributed by atoms with Gasteiger partial charge < -0.3 is 39.4 Å². The molecule has 0 amide bonds. The fraction of sp³-hybridized carbons (Fsp3) is 0.520. The van der Waals surface area contributed by atoms with Crippen LogP contribution in [0.15, 0.2) is 36.4 Å². The summed E-state index contributed by atoms with van der Waals surface area (Å²) in [5.41, 5.74) is 2.07. The van der Waals surface area contributed by atoms with E-state index in [1.165, 1.54) is 14.0 Å². The van der Waals surface area contributed by atoms with E-state index in [1.807, 2.05) is 30.3 Å². The Morgan fingerprint density at radius 1 is 0.970 bits per heavy atom. The summed E-state index contributed by atoms with van der Waals surface area (Å²) in [5, 5.41) is 41.7. The van der Waals surface area contributed by atoms with Gasteiger partial charge in [-0.15, -0.1) is 0 Å². The predicted molar refractivity (Wildman–Crippen MR) is 119 cm³/mol. The molecule has 4 rings (SSSR count). The summed E-state index contributed by atoms with van der Waals surface area (Å²) in [6.07, 6.45) is -3.27. The molecule has 5 atom stereocenters. The molecule has 0 saturated carbocycles. The predicted octanol–water partition coefficient (Wildman–Crippen LogP) is 1.27. The number of hydrogen-bond acceptors (Lipinski definition) is 8. The molecule has 2 aromatic carbocycles. The van der Waals surface area contributed by atoms with Crippen molar-refractivity contribution in [3.8, 4) is 11.5 Å². The van der Waals surface area contributed by atoms with Crippen molar-refractivity contribution in [1.82, 2.24) is 0 Å². The molecule has 1 fully saturated rings. The number of benzene rings is 2. The van der Waals surface area contributed by atoms with Gasteiger partial charge in [0.1, 0.15) is 37.1 Å². The fourth-order valence-corrected chi connectivity index (χ4v) is 4.63. The Bertz CT molecular complexity index is 994. The number of aliphatic hydroxyl groups excluding tert-OH is 4. The van der Waals surface area contributed by atoms with Crippen molar-refractivity contribution in [3.63, 3.8) is 0 Å². The summed E-state index contributed by atoms with van der Waals surface area (Å²) < 4.78 is 23.0. The summed E-state index contributed by atoms with van der Waals surface area (Å²) in [5.74, 6) is -0.338. The van der Waals surface area contributed by atoms with Gasteiger partial charge in [-0.1, -0.05) is 25.1 Å². The number of fused-ring (bicyclic) bond motifs is 1. The first-order chi connectivity index (χ1) is 15.8. The van der Waals surface area contributed by atoms with E-state index >= 15 is 0 Å². The third kappa shape index (κ3) is 4.12. The summed E-state index contributed by atoms with van der Waals surface area (Å²) in [6, 6.07) is 11.4. The maximum absolute atomic E-state index is 10.9. The molecule has 2 aliphatic heterocycles. The molecule has 33 heavy (non-hydrogen) atoms. The monoisotopic (exact) mass is 460 g/mol. The summed E-state index contributed by atoms with van der Waals surface area (Å²) >= 11 is 0. The zero-order valence-corrected chi connectivity index (χ0v) is 19.2. The molecule has 0 aromatic heterocycles. The first-order valence-corrected chi connectivity index (χ1v) is 11.2. The summed E-state index contributed by atoms with van der Waals surface area (Å²) in [6.45, 7) is 4.00. The maximum atomic E-state index is 10.9. The van der Waals surface area contributed by atoms with Crippen LogP contribution in [0.5, 0.6) is 11.5 Å². The SMILES string of the molecule is CCc1ccc(C2(OC)OC(C)(CO)C(O)C(O)C2O)cc1Cc1ccc2c(c1)OCCO2. The molecule has 2 aromatic rings. The van der Waals surface area contributed by atoms with Crippen LogP contribution in [0.4, 0.5) is 0 Å². The van der Waals surface area contributed by atoms with Gasteiger partial charge in [-0.2, -0.15) is 0 Å². The van der Waals surface area contributed by atoms with E-state index in [0.29, 0.717) is 30.9 Å². The van der Waals surface area contributed by atoms with E-state index in [0.717, 1.165) is 28.9 Å². The lowest BCUT2D eigenvalue weighted by atomic mass is 9.81. The van der Waals surface area contributed by atoms with Crippen LogP contribution in [-0.2, 0) is 28.1 Å². The lowest BCUT2D eigenvalue weighted by Crippen LogP contribution is -2.69. The number of ether oxygens (including phenoxy) is 4. The molecule has 5 unspecified atom stereocenters. The van der Waals surface area contributed by atoms with Gasteiger partial charge in [0.15, 0.2) is 11.5 Å². The Hall–Kier alpha value is -2.20. The quantitative estimate of drug-likeness (QED) is 0.509. The van der Waals surface area contributed by atoms with E-state index in [9.17, 15) is 20.4 Å². The van der Waals surface area contributed by atoms with E-state index in [2.05, 4.69) is 6.92 Å². The van der Waals surface area contributed by atoms with Crippen LogP contribution in [0, 0.1) is 0 Å². The second kappa shape index (κ2) is 9.21. The molecule has 2 heterocycles. The van der Waals surface area contributed by atoms with Crippen molar-refractivity contribution in [1.29, 1.82) is 0 Å². The van der Waals surface area contributed by atoms with E-state index in [1.54, 1.807) is 6.07 Å². The van der Waals surface area contributed by atoms with Crippen molar-refractivity contribution in [3.05, 3.63) is 58.7 Å². The highest BCUT2D eigenvalue weighted by molar-refractivity contribution is 5.46. The van der Waals surface area contributed by atoms with Crippen LogP contribution in [0.3, 0.4) is 0 Å². The van der Waals surface area contributed by atoms with Crippen molar-refractivity contribution in [2.24, 2.45) is 0 Å². The highest BCUT2D eigenvalue weighted by atomic mass is 16.7. The lowest BCUT2D eigenvalue weighted by Gasteiger charge is -2.52. The average Bonchev–Trinajstić information content (AvgIpc) is 2.85. The largest absolute Gasteiger partial charge is 0.486 e. The number of hydrogen-bond donors (Lipinski definition) is 4. The lowest BCUT2D eigenvalue weighted by molar-refractivity contribution is -0.393. The molecular weight excluding hydrogens is 428 g/mol. The van der Waals surface area contributed by atoms with Crippen LogP contribution < -0.4 is 9.47 Å². The zero-order chi connectivity index (χ0) is 23.8. The van der Waals surface area contributed by atoms with Crippen LogP contribution in [-0.4, -0.2) is 71.3 Å². The molecular formula is C25H32O8. The molecule has 2 aliphatic rings. The minimum atomic E-state index is -1.77. The normalized spacial score (nSPS) is 31.4. The minimum Gasteiger partial charge on any atom is -0.486 e. The second-order valence-corrected chi connectivity index (χ2v) is 8.82. The van der Waals surface area contributed by atoms with Crippen molar-refractivity contribution >= 4 is 0 Å². The third-order valence-electron chi connectivity index (χ3n) is 6.65. The third-order valence-corrected chi connectivity index (χ3v) is 6.65. The van der Waals surface area contributed by atoms with Gasteiger partial charge in [-0.05, 0) is 54.7 Å². The Labute approximate surface area is 193 Å². The molecule has 0 spiro atoms. The van der Waals surface area contributed by atoms with Crippen LogP contribution in [0.1, 0.15) is 36.1 Å². The molecule has 0 aliphatic carbocycles.